The van der Waals surface area contributed by atoms with Gasteiger partial charge in [-0.1, -0.05) is 30.3 Å². The number of amides is 1. The Hall–Kier alpha value is -3.54. The van der Waals surface area contributed by atoms with Crippen LogP contribution in [0.3, 0.4) is 0 Å². The minimum absolute atomic E-state index is 0.0927. The van der Waals surface area contributed by atoms with Gasteiger partial charge in [0.05, 0.1) is 11.1 Å². The molecule has 0 bridgehead atoms. The second-order valence-corrected chi connectivity index (χ2v) is 7.81. The summed E-state index contributed by atoms with van der Waals surface area (Å²) in [6.45, 7) is 3.00. The van der Waals surface area contributed by atoms with E-state index in [2.05, 4.69) is 5.32 Å². The molecule has 31 heavy (non-hydrogen) atoms. The van der Waals surface area contributed by atoms with Crippen LogP contribution in [-0.4, -0.2) is 28.7 Å². The van der Waals surface area contributed by atoms with Gasteiger partial charge in [-0.05, 0) is 63.3 Å². The van der Waals surface area contributed by atoms with E-state index in [1.165, 1.54) is 13.8 Å². The summed E-state index contributed by atoms with van der Waals surface area (Å²) in [4.78, 5) is 42.1. The molecule has 6 heteroatoms. The van der Waals surface area contributed by atoms with Crippen LogP contribution in [0, 0.1) is 0 Å². The SMILES string of the molecule is CC(=O)c1cccc(NC(=O)[C@@H](C)OC(=O)c2c3c(nc4ccccc24)CCCC3)c1. The molecule has 0 saturated heterocycles. The second-order valence-electron chi connectivity index (χ2n) is 7.81. The molecule has 1 aromatic heterocycles. The van der Waals surface area contributed by atoms with E-state index in [0.29, 0.717) is 16.8 Å². The summed E-state index contributed by atoms with van der Waals surface area (Å²) in [5.74, 6) is -1.07. The normalized spacial score (nSPS) is 13.9. The number of aryl methyl sites for hydroxylation is 1. The van der Waals surface area contributed by atoms with Crippen molar-refractivity contribution in [3.8, 4) is 0 Å². The molecule has 1 aliphatic carbocycles. The fraction of sp³-hybridized carbons (Fsp3) is 0.280. The van der Waals surface area contributed by atoms with Gasteiger partial charge in [-0.2, -0.15) is 0 Å². The molecule has 0 unspecified atom stereocenters. The fourth-order valence-electron chi connectivity index (χ4n) is 3.94. The van der Waals surface area contributed by atoms with Crippen LogP contribution in [0.1, 0.15) is 58.7 Å². The van der Waals surface area contributed by atoms with E-state index < -0.39 is 18.0 Å². The topological polar surface area (TPSA) is 85.4 Å². The Morgan fingerprint density at radius 2 is 1.81 bits per heavy atom. The number of nitrogens with zero attached hydrogens (tertiary/aromatic N) is 1. The summed E-state index contributed by atoms with van der Waals surface area (Å²) in [7, 11) is 0. The monoisotopic (exact) mass is 416 g/mol. The molecule has 0 saturated carbocycles. The van der Waals surface area contributed by atoms with Crippen molar-refractivity contribution in [3.63, 3.8) is 0 Å². The van der Waals surface area contributed by atoms with Crippen LogP contribution in [0.5, 0.6) is 0 Å². The van der Waals surface area contributed by atoms with Gasteiger partial charge < -0.3 is 10.1 Å². The number of carbonyl (C=O) groups excluding carboxylic acids is 3. The molecule has 3 aromatic rings. The average Bonchev–Trinajstić information content (AvgIpc) is 2.77. The van der Waals surface area contributed by atoms with Crippen LogP contribution in [0.15, 0.2) is 48.5 Å². The molecule has 2 aromatic carbocycles. The number of carbonyl (C=O) groups is 3. The van der Waals surface area contributed by atoms with E-state index in [0.717, 1.165) is 47.8 Å². The number of esters is 1. The van der Waals surface area contributed by atoms with Gasteiger partial charge in [-0.15, -0.1) is 0 Å². The summed E-state index contributed by atoms with van der Waals surface area (Å²) >= 11 is 0. The van der Waals surface area contributed by atoms with Crippen molar-refractivity contribution in [3.05, 3.63) is 70.9 Å². The van der Waals surface area contributed by atoms with Crippen LogP contribution in [0.25, 0.3) is 10.9 Å². The van der Waals surface area contributed by atoms with Crippen molar-refractivity contribution in [2.45, 2.75) is 45.6 Å². The number of para-hydroxylation sites is 1. The van der Waals surface area contributed by atoms with Crippen molar-refractivity contribution >= 4 is 34.3 Å². The van der Waals surface area contributed by atoms with Gasteiger partial charge in [0, 0.05) is 22.3 Å². The molecule has 0 spiro atoms. The van der Waals surface area contributed by atoms with Crippen LogP contribution in [0.2, 0.25) is 0 Å². The number of ether oxygens (including phenoxy) is 1. The van der Waals surface area contributed by atoms with Crippen LogP contribution < -0.4 is 5.32 Å². The van der Waals surface area contributed by atoms with Crippen molar-refractivity contribution in [2.75, 3.05) is 5.32 Å². The highest BCUT2D eigenvalue weighted by Crippen LogP contribution is 2.30. The lowest BCUT2D eigenvalue weighted by Crippen LogP contribution is -2.30. The van der Waals surface area contributed by atoms with E-state index in [9.17, 15) is 14.4 Å². The number of hydrogen-bond donors (Lipinski definition) is 1. The number of rotatable bonds is 5. The van der Waals surface area contributed by atoms with E-state index in [4.69, 9.17) is 9.72 Å². The summed E-state index contributed by atoms with van der Waals surface area (Å²) in [6, 6.07) is 14.2. The number of fused-ring (bicyclic) bond motifs is 2. The molecule has 1 atom stereocenters. The molecule has 0 radical (unpaired) electrons. The number of ketones is 1. The van der Waals surface area contributed by atoms with Crippen molar-refractivity contribution in [2.24, 2.45) is 0 Å². The van der Waals surface area contributed by atoms with Crippen molar-refractivity contribution in [1.82, 2.24) is 4.98 Å². The third-order valence-electron chi connectivity index (χ3n) is 5.56. The number of benzene rings is 2. The molecule has 0 aliphatic heterocycles. The van der Waals surface area contributed by atoms with Gasteiger partial charge in [0.25, 0.3) is 5.91 Å². The van der Waals surface area contributed by atoms with Gasteiger partial charge >= 0.3 is 5.97 Å². The second kappa shape index (κ2) is 8.68. The largest absolute Gasteiger partial charge is 0.449 e. The van der Waals surface area contributed by atoms with Gasteiger partial charge in [-0.3, -0.25) is 14.6 Å². The lowest BCUT2D eigenvalue weighted by Gasteiger charge is -2.21. The van der Waals surface area contributed by atoms with Crippen molar-refractivity contribution < 1.29 is 19.1 Å². The van der Waals surface area contributed by atoms with Gasteiger partial charge in [0.2, 0.25) is 0 Å². The Morgan fingerprint density at radius 3 is 2.61 bits per heavy atom. The lowest BCUT2D eigenvalue weighted by atomic mass is 9.90. The molecular weight excluding hydrogens is 392 g/mol. The maximum absolute atomic E-state index is 13.2. The highest BCUT2D eigenvalue weighted by atomic mass is 16.5. The van der Waals surface area contributed by atoms with Crippen LogP contribution in [-0.2, 0) is 22.4 Å². The molecule has 1 amide bonds. The zero-order valence-electron chi connectivity index (χ0n) is 17.6. The molecule has 4 rings (SSSR count). The Morgan fingerprint density at radius 1 is 1.03 bits per heavy atom. The summed E-state index contributed by atoms with van der Waals surface area (Å²) in [5, 5.41) is 3.46. The average molecular weight is 416 g/mol. The minimum atomic E-state index is -1.00. The number of Topliss-reactive ketones (excluding diaryl/α,β-unsaturated/α-hetero) is 1. The lowest BCUT2D eigenvalue weighted by molar-refractivity contribution is -0.123. The van der Waals surface area contributed by atoms with E-state index in [1.807, 2.05) is 24.3 Å². The number of aromatic nitrogens is 1. The molecule has 0 fully saturated rings. The number of hydrogen-bond acceptors (Lipinski definition) is 5. The Bertz CT molecular complexity index is 1190. The molecule has 1 N–H and O–H groups in total. The first-order valence-electron chi connectivity index (χ1n) is 10.5. The summed E-state index contributed by atoms with van der Waals surface area (Å²) in [6.07, 6.45) is 2.65. The maximum Gasteiger partial charge on any atom is 0.339 e. The highest BCUT2D eigenvalue weighted by molar-refractivity contribution is 6.06. The van der Waals surface area contributed by atoms with Gasteiger partial charge in [0.15, 0.2) is 11.9 Å². The van der Waals surface area contributed by atoms with Crippen LogP contribution >= 0.6 is 0 Å². The third kappa shape index (κ3) is 4.33. The zero-order chi connectivity index (χ0) is 22.0. The zero-order valence-corrected chi connectivity index (χ0v) is 17.6. The Kier molecular flexibility index (Phi) is 5.80. The summed E-state index contributed by atoms with van der Waals surface area (Å²) in [5.41, 5.74) is 4.11. The number of anilines is 1. The highest BCUT2D eigenvalue weighted by Gasteiger charge is 2.26. The van der Waals surface area contributed by atoms with Crippen LogP contribution in [0.4, 0.5) is 5.69 Å². The minimum Gasteiger partial charge on any atom is -0.449 e. The Balaban J connectivity index is 1.57. The predicted octanol–water partition coefficient (Wildman–Crippen LogP) is 4.50. The van der Waals surface area contributed by atoms with E-state index in [-0.39, 0.29) is 5.78 Å². The smallest absolute Gasteiger partial charge is 0.339 e. The maximum atomic E-state index is 13.2. The van der Waals surface area contributed by atoms with Crippen molar-refractivity contribution in [1.29, 1.82) is 0 Å². The molecule has 1 heterocycles. The Labute approximate surface area is 180 Å². The van der Waals surface area contributed by atoms with E-state index in [1.54, 1.807) is 24.3 Å². The first-order valence-corrected chi connectivity index (χ1v) is 10.5. The third-order valence-corrected chi connectivity index (χ3v) is 5.56. The standard InChI is InChI=1S/C25H24N2O4/c1-15(28)17-8-7-9-18(14-17)26-24(29)16(2)31-25(30)23-19-10-3-5-12-21(19)27-22-13-6-4-11-20(22)23/h3,5,7-10,12,14,16H,4,6,11,13H2,1-2H3,(H,26,29)/t16-/m1/s1. The predicted molar refractivity (Wildman–Crippen MR) is 118 cm³/mol. The first kappa shape index (κ1) is 20.7. The van der Waals surface area contributed by atoms with Gasteiger partial charge in [-0.25, -0.2) is 4.79 Å². The van der Waals surface area contributed by atoms with Gasteiger partial charge in [0.1, 0.15) is 0 Å². The number of nitrogens with one attached hydrogen (secondary N) is 1. The fourth-order valence-corrected chi connectivity index (χ4v) is 3.94. The molecule has 6 nitrogen and oxygen atoms in total. The number of pyridine rings is 1. The first-order chi connectivity index (χ1) is 14.9. The summed E-state index contributed by atoms with van der Waals surface area (Å²) < 4.78 is 5.58. The molecule has 158 valence electrons. The molecule has 1 aliphatic rings. The quantitative estimate of drug-likeness (QED) is 0.489. The molecular formula is C25H24N2O4. The van der Waals surface area contributed by atoms with E-state index >= 15 is 0 Å².